The molecular formula is C19H18BrClN2O3. The molecule has 2 aromatic carbocycles. The van der Waals surface area contributed by atoms with Gasteiger partial charge in [-0.3, -0.25) is 4.79 Å². The van der Waals surface area contributed by atoms with Gasteiger partial charge < -0.3 is 14.9 Å². The average molecular weight is 438 g/mol. The Kier molecular flexibility index (Phi) is 7.69. The van der Waals surface area contributed by atoms with E-state index in [9.17, 15) is 4.79 Å². The van der Waals surface area contributed by atoms with Crippen molar-refractivity contribution in [3.8, 4) is 5.75 Å². The Morgan fingerprint density at radius 2 is 2.04 bits per heavy atom. The highest BCUT2D eigenvalue weighted by Gasteiger charge is 2.17. The van der Waals surface area contributed by atoms with Gasteiger partial charge in [0.25, 0.3) is 5.91 Å². The number of hydrogen-bond donors (Lipinski definition) is 1. The summed E-state index contributed by atoms with van der Waals surface area (Å²) < 4.78 is 6.39. The third kappa shape index (κ3) is 5.61. The van der Waals surface area contributed by atoms with E-state index in [0.717, 1.165) is 11.1 Å². The SMILES string of the molecule is CNC(=O)C(=NOC)c1ccccc1COc1cccc(C=C(Cl)Br)c1. The van der Waals surface area contributed by atoms with E-state index in [1.54, 1.807) is 19.2 Å². The molecule has 1 amide bonds. The molecule has 0 aliphatic carbocycles. The maximum atomic E-state index is 12.1. The van der Waals surface area contributed by atoms with Crippen LogP contribution in [0.4, 0.5) is 0 Å². The third-order valence-electron chi connectivity index (χ3n) is 3.43. The molecule has 0 unspecified atom stereocenters. The smallest absolute Gasteiger partial charge is 0.273 e. The zero-order valence-corrected chi connectivity index (χ0v) is 16.7. The number of benzene rings is 2. The molecule has 0 spiro atoms. The van der Waals surface area contributed by atoms with Crippen molar-refractivity contribution in [2.75, 3.05) is 14.2 Å². The van der Waals surface area contributed by atoms with Crippen LogP contribution in [0.15, 0.2) is 57.6 Å². The van der Waals surface area contributed by atoms with E-state index in [-0.39, 0.29) is 18.2 Å². The first-order valence-electron chi connectivity index (χ1n) is 7.72. The summed E-state index contributed by atoms with van der Waals surface area (Å²) in [7, 11) is 2.94. The van der Waals surface area contributed by atoms with Crippen molar-refractivity contribution in [3.63, 3.8) is 0 Å². The Labute approximate surface area is 165 Å². The van der Waals surface area contributed by atoms with Crippen LogP contribution in [0.2, 0.25) is 0 Å². The van der Waals surface area contributed by atoms with Crippen molar-refractivity contribution in [2.24, 2.45) is 5.16 Å². The molecule has 0 bridgehead atoms. The summed E-state index contributed by atoms with van der Waals surface area (Å²) in [5.41, 5.74) is 2.56. The highest BCUT2D eigenvalue weighted by atomic mass is 79.9. The van der Waals surface area contributed by atoms with Crippen molar-refractivity contribution < 1.29 is 14.4 Å². The number of oxime groups is 1. The summed E-state index contributed by atoms with van der Waals surface area (Å²) >= 11 is 9.04. The second-order valence-electron chi connectivity index (χ2n) is 5.15. The number of halogens is 2. The van der Waals surface area contributed by atoms with Gasteiger partial charge in [0.2, 0.25) is 0 Å². The molecule has 0 radical (unpaired) electrons. The maximum absolute atomic E-state index is 12.1. The van der Waals surface area contributed by atoms with E-state index < -0.39 is 0 Å². The molecule has 7 heteroatoms. The van der Waals surface area contributed by atoms with Gasteiger partial charge in [0, 0.05) is 12.6 Å². The molecule has 2 aromatic rings. The number of nitrogens with zero attached hydrogens (tertiary/aromatic N) is 1. The normalized spacial score (nSPS) is 11.8. The molecule has 0 heterocycles. The number of ether oxygens (including phenoxy) is 1. The minimum absolute atomic E-state index is 0.192. The number of rotatable bonds is 7. The molecule has 0 saturated carbocycles. The lowest BCUT2D eigenvalue weighted by molar-refractivity contribution is -0.114. The van der Waals surface area contributed by atoms with Crippen molar-refractivity contribution >= 4 is 45.2 Å². The van der Waals surface area contributed by atoms with Crippen LogP contribution in [0, 0.1) is 0 Å². The van der Waals surface area contributed by atoms with E-state index in [1.807, 2.05) is 42.5 Å². The minimum Gasteiger partial charge on any atom is -0.489 e. The molecule has 2 rings (SSSR count). The van der Waals surface area contributed by atoms with Gasteiger partial charge in [-0.15, -0.1) is 0 Å². The monoisotopic (exact) mass is 436 g/mol. The Morgan fingerprint density at radius 3 is 2.73 bits per heavy atom. The van der Waals surface area contributed by atoms with Crippen LogP contribution in [-0.2, 0) is 16.2 Å². The van der Waals surface area contributed by atoms with Crippen LogP contribution in [0.5, 0.6) is 5.75 Å². The van der Waals surface area contributed by atoms with E-state index in [4.69, 9.17) is 21.2 Å². The maximum Gasteiger partial charge on any atom is 0.273 e. The molecule has 0 aliphatic rings. The van der Waals surface area contributed by atoms with Gasteiger partial charge in [-0.2, -0.15) is 0 Å². The topological polar surface area (TPSA) is 59.9 Å². The Hall–Kier alpha value is -2.31. The molecule has 0 atom stereocenters. The second kappa shape index (κ2) is 9.99. The summed E-state index contributed by atoms with van der Waals surface area (Å²) in [5.74, 6) is 0.350. The molecule has 0 aliphatic heterocycles. The van der Waals surface area contributed by atoms with Crippen LogP contribution in [0.1, 0.15) is 16.7 Å². The quantitative estimate of drug-likeness (QED) is 0.519. The molecule has 5 nitrogen and oxygen atoms in total. The summed E-state index contributed by atoms with van der Waals surface area (Å²) in [4.78, 5) is 16.9. The summed E-state index contributed by atoms with van der Waals surface area (Å²) in [6.07, 6.45) is 1.78. The van der Waals surface area contributed by atoms with Gasteiger partial charge >= 0.3 is 0 Å². The van der Waals surface area contributed by atoms with Crippen LogP contribution < -0.4 is 10.1 Å². The van der Waals surface area contributed by atoms with Crippen molar-refractivity contribution in [3.05, 3.63) is 69.2 Å². The molecule has 0 saturated heterocycles. The van der Waals surface area contributed by atoms with Gasteiger partial charge in [-0.25, -0.2) is 0 Å². The lowest BCUT2D eigenvalue weighted by atomic mass is 10.0. The van der Waals surface area contributed by atoms with Crippen LogP contribution in [0.3, 0.4) is 0 Å². The Balaban J connectivity index is 2.25. The van der Waals surface area contributed by atoms with E-state index in [2.05, 4.69) is 26.4 Å². The Morgan fingerprint density at radius 1 is 1.27 bits per heavy atom. The minimum atomic E-state index is -0.335. The number of carbonyl (C=O) groups excluding carboxylic acids is 1. The van der Waals surface area contributed by atoms with Gasteiger partial charge in [0.05, 0.1) is 3.94 Å². The summed E-state index contributed by atoms with van der Waals surface area (Å²) in [6, 6.07) is 14.9. The first-order valence-corrected chi connectivity index (χ1v) is 8.89. The van der Waals surface area contributed by atoms with Gasteiger partial charge in [-0.05, 0) is 45.3 Å². The van der Waals surface area contributed by atoms with E-state index >= 15 is 0 Å². The predicted molar refractivity (Wildman–Crippen MR) is 108 cm³/mol. The first kappa shape index (κ1) is 20.0. The fraction of sp³-hybridized carbons (Fsp3) is 0.158. The predicted octanol–water partition coefficient (Wildman–Crippen LogP) is 4.29. The van der Waals surface area contributed by atoms with Crippen LogP contribution in [0.25, 0.3) is 6.08 Å². The Bertz CT molecular complexity index is 833. The number of carbonyl (C=O) groups is 1. The summed E-state index contributed by atoms with van der Waals surface area (Å²) in [6.45, 7) is 0.269. The molecule has 26 heavy (non-hydrogen) atoms. The molecule has 0 fully saturated rings. The highest BCUT2D eigenvalue weighted by molar-refractivity contribution is 9.12. The third-order valence-corrected chi connectivity index (χ3v) is 3.76. The largest absolute Gasteiger partial charge is 0.489 e. The lowest BCUT2D eigenvalue weighted by Gasteiger charge is -2.12. The fourth-order valence-electron chi connectivity index (χ4n) is 2.28. The van der Waals surface area contributed by atoms with Crippen LogP contribution in [-0.4, -0.2) is 25.8 Å². The summed E-state index contributed by atoms with van der Waals surface area (Å²) in [5, 5.41) is 6.41. The molecule has 0 aromatic heterocycles. The standard InChI is InChI=1S/C19H18BrClN2O3/c1-22-19(24)18(23-25-2)16-9-4-3-7-14(16)12-26-15-8-5-6-13(10-15)11-17(20)21/h3-11H,12H2,1-2H3,(H,22,24). The highest BCUT2D eigenvalue weighted by Crippen LogP contribution is 2.21. The number of hydrogen-bond acceptors (Lipinski definition) is 4. The first-order chi connectivity index (χ1) is 12.5. The molecule has 1 N–H and O–H groups in total. The zero-order chi connectivity index (χ0) is 18.9. The zero-order valence-electron chi connectivity index (χ0n) is 14.3. The number of amides is 1. The van der Waals surface area contributed by atoms with E-state index in [1.165, 1.54) is 7.11 Å². The van der Waals surface area contributed by atoms with E-state index in [0.29, 0.717) is 15.3 Å². The molecule has 136 valence electrons. The van der Waals surface area contributed by atoms with Gasteiger partial charge in [-0.1, -0.05) is 53.2 Å². The fourth-order valence-corrected chi connectivity index (χ4v) is 2.67. The molecular weight excluding hydrogens is 420 g/mol. The second-order valence-corrected chi connectivity index (χ2v) is 6.87. The van der Waals surface area contributed by atoms with Crippen molar-refractivity contribution in [1.82, 2.24) is 5.32 Å². The van der Waals surface area contributed by atoms with Gasteiger partial charge in [0.1, 0.15) is 19.5 Å². The van der Waals surface area contributed by atoms with Gasteiger partial charge in [0.15, 0.2) is 5.71 Å². The van der Waals surface area contributed by atoms with Crippen molar-refractivity contribution in [1.29, 1.82) is 0 Å². The number of nitrogens with one attached hydrogen (secondary N) is 1. The lowest BCUT2D eigenvalue weighted by Crippen LogP contribution is -2.29. The van der Waals surface area contributed by atoms with Crippen LogP contribution >= 0.6 is 27.5 Å². The number of likely N-dealkylation sites (N-methyl/N-ethyl adjacent to an activating group) is 1. The van der Waals surface area contributed by atoms with Crippen molar-refractivity contribution in [2.45, 2.75) is 6.61 Å². The average Bonchev–Trinajstić information content (AvgIpc) is 2.64.